The Kier molecular flexibility index (Phi) is 29.4. The van der Waals surface area contributed by atoms with Crippen LogP contribution in [0.1, 0.15) is 155 Å². The van der Waals surface area contributed by atoms with Gasteiger partial charge in [0.05, 0.1) is 39.9 Å². The van der Waals surface area contributed by atoms with E-state index in [4.69, 9.17) is 9.05 Å². The smallest absolute Gasteiger partial charge is 0.387 e. The molecule has 272 valence electrons. The van der Waals surface area contributed by atoms with E-state index < -0.39 is 20.0 Å². The van der Waals surface area contributed by atoms with E-state index in [1.54, 1.807) is 6.08 Å². The number of hydrogen-bond donors (Lipinski definition) is 3. The van der Waals surface area contributed by atoms with Gasteiger partial charge in [0.15, 0.2) is 0 Å². The molecule has 0 aromatic heterocycles. The van der Waals surface area contributed by atoms with Crippen LogP contribution in [0.3, 0.4) is 0 Å². The number of quaternary nitrogens is 1. The number of phosphoric ester groups is 1. The Labute approximate surface area is 284 Å². The fraction of sp³-hybridized carbons (Fsp3) is 0.865. The molecule has 8 nitrogen and oxygen atoms in total. The molecule has 9 heteroatoms. The molecule has 0 fully saturated rings. The van der Waals surface area contributed by atoms with E-state index >= 15 is 0 Å². The largest absolute Gasteiger partial charge is 0.472 e. The number of unbranched alkanes of at least 4 members (excludes halogenated alkanes) is 18. The monoisotopic (exact) mass is 674 g/mol. The lowest BCUT2D eigenvalue weighted by molar-refractivity contribution is -0.870. The predicted molar refractivity (Wildman–Crippen MR) is 194 cm³/mol. The Balaban J connectivity index is 4.11. The van der Waals surface area contributed by atoms with Crippen LogP contribution in [0, 0.1) is 0 Å². The van der Waals surface area contributed by atoms with Crippen LogP contribution in [0.15, 0.2) is 24.3 Å². The normalized spacial score (nSPS) is 15.0. The molecule has 3 atom stereocenters. The zero-order valence-electron chi connectivity index (χ0n) is 30.6. The number of hydrogen-bond acceptors (Lipinski definition) is 5. The number of phosphoric acid groups is 1. The van der Waals surface area contributed by atoms with Crippen molar-refractivity contribution in [2.24, 2.45) is 0 Å². The zero-order valence-corrected chi connectivity index (χ0v) is 31.5. The summed E-state index contributed by atoms with van der Waals surface area (Å²) in [5.74, 6) is -0.223. The molecule has 0 heterocycles. The molecular weight excluding hydrogens is 599 g/mol. The maximum Gasteiger partial charge on any atom is 0.472 e. The van der Waals surface area contributed by atoms with Gasteiger partial charge in [-0.1, -0.05) is 141 Å². The Morgan fingerprint density at radius 1 is 0.717 bits per heavy atom. The lowest BCUT2D eigenvalue weighted by Crippen LogP contribution is -2.45. The van der Waals surface area contributed by atoms with Gasteiger partial charge in [-0.25, -0.2) is 4.57 Å². The molecule has 0 rings (SSSR count). The fourth-order valence-electron chi connectivity index (χ4n) is 5.09. The van der Waals surface area contributed by atoms with E-state index in [1.807, 2.05) is 34.1 Å². The molecule has 0 spiro atoms. The Morgan fingerprint density at radius 3 is 1.72 bits per heavy atom. The average Bonchev–Trinajstić information content (AvgIpc) is 2.99. The number of likely N-dealkylation sites (N-methyl/N-ethyl adjacent to an activating group) is 1. The molecule has 0 radical (unpaired) electrons. The number of amides is 1. The molecule has 0 bridgehead atoms. The molecule has 0 aromatic carbocycles. The van der Waals surface area contributed by atoms with Crippen molar-refractivity contribution in [1.29, 1.82) is 0 Å². The summed E-state index contributed by atoms with van der Waals surface area (Å²) in [5.41, 5.74) is 0. The number of aliphatic hydroxyl groups excluding tert-OH is 1. The van der Waals surface area contributed by atoms with Crippen LogP contribution in [-0.2, 0) is 18.4 Å². The van der Waals surface area contributed by atoms with Crippen molar-refractivity contribution in [1.82, 2.24) is 5.32 Å². The number of nitrogens with one attached hydrogen (secondary N) is 1. The van der Waals surface area contributed by atoms with Crippen molar-refractivity contribution in [3.63, 3.8) is 0 Å². The van der Waals surface area contributed by atoms with Crippen LogP contribution < -0.4 is 5.32 Å². The topological polar surface area (TPSA) is 105 Å². The van der Waals surface area contributed by atoms with Crippen LogP contribution in [0.5, 0.6) is 0 Å². The van der Waals surface area contributed by atoms with Gasteiger partial charge < -0.3 is 19.8 Å². The van der Waals surface area contributed by atoms with Gasteiger partial charge in [-0.05, 0) is 32.1 Å². The summed E-state index contributed by atoms with van der Waals surface area (Å²) in [7, 11) is 1.55. The maximum atomic E-state index is 12.3. The van der Waals surface area contributed by atoms with Crippen LogP contribution in [0.4, 0.5) is 0 Å². The zero-order chi connectivity index (χ0) is 34.4. The number of nitrogens with zero attached hydrogens (tertiary/aromatic N) is 1. The second-order valence-electron chi connectivity index (χ2n) is 13.9. The molecule has 0 aromatic rings. The van der Waals surface area contributed by atoms with Crippen LogP contribution in [0.25, 0.3) is 0 Å². The van der Waals surface area contributed by atoms with Crippen molar-refractivity contribution in [3.05, 3.63) is 24.3 Å². The molecule has 3 N–H and O–H groups in total. The molecule has 0 saturated carbocycles. The van der Waals surface area contributed by atoms with Crippen molar-refractivity contribution in [2.45, 2.75) is 167 Å². The third-order valence-corrected chi connectivity index (χ3v) is 9.16. The number of carbonyl (C=O) groups excluding carboxylic acids is 1. The van der Waals surface area contributed by atoms with Gasteiger partial charge in [-0.3, -0.25) is 13.8 Å². The Hall–Kier alpha value is -1.02. The summed E-state index contributed by atoms with van der Waals surface area (Å²) in [6.45, 7) is 4.53. The molecule has 0 aliphatic rings. The highest BCUT2D eigenvalue weighted by Gasteiger charge is 2.27. The number of aliphatic hydroxyl groups is 1. The first-order valence-corrected chi connectivity index (χ1v) is 20.2. The van der Waals surface area contributed by atoms with Gasteiger partial charge in [0, 0.05) is 6.42 Å². The summed E-state index contributed by atoms with van der Waals surface area (Å²) in [5, 5.41) is 13.5. The Bertz CT molecular complexity index is 814. The molecular formula is C37H74N2O6P+. The minimum Gasteiger partial charge on any atom is -0.387 e. The van der Waals surface area contributed by atoms with E-state index in [0.717, 1.165) is 32.1 Å². The predicted octanol–water partition coefficient (Wildman–Crippen LogP) is 9.41. The second kappa shape index (κ2) is 30.1. The number of carbonyl (C=O) groups is 1. The first-order chi connectivity index (χ1) is 22.0. The Morgan fingerprint density at radius 2 is 1.20 bits per heavy atom. The maximum absolute atomic E-state index is 12.3. The molecule has 0 aliphatic heterocycles. The highest BCUT2D eigenvalue weighted by atomic mass is 31.2. The summed E-state index contributed by atoms with van der Waals surface area (Å²) in [6, 6.07) is -0.853. The quantitative estimate of drug-likeness (QED) is 0.0278. The van der Waals surface area contributed by atoms with Crippen molar-refractivity contribution < 1.29 is 32.9 Å². The van der Waals surface area contributed by atoms with Gasteiger partial charge in [-0.2, -0.15) is 0 Å². The summed E-state index contributed by atoms with van der Waals surface area (Å²) >= 11 is 0. The number of rotatable bonds is 33. The molecule has 0 aliphatic carbocycles. The van der Waals surface area contributed by atoms with Crippen LogP contribution in [-0.4, -0.2) is 73.4 Å². The highest BCUT2D eigenvalue weighted by Crippen LogP contribution is 2.43. The van der Waals surface area contributed by atoms with Gasteiger partial charge in [0.25, 0.3) is 0 Å². The lowest BCUT2D eigenvalue weighted by atomic mass is 10.0. The third kappa shape index (κ3) is 31.6. The van der Waals surface area contributed by atoms with Crippen molar-refractivity contribution >= 4 is 13.7 Å². The molecule has 46 heavy (non-hydrogen) atoms. The van der Waals surface area contributed by atoms with Crippen LogP contribution >= 0.6 is 7.82 Å². The van der Waals surface area contributed by atoms with E-state index in [0.29, 0.717) is 17.4 Å². The molecule has 3 unspecified atom stereocenters. The van der Waals surface area contributed by atoms with E-state index in [2.05, 4.69) is 24.4 Å². The van der Waals surface area contributed by atoms with Gasteiger partial charge >= 0.3 is 7.82 Å². The van der Waals surface area contributed by atoms with E-state index in [9.17, 15) is 19.4 Å². The third-order valence-electron chi connectivity index (χ3n) is 8.17. The standard InChI is InChI=1S/C37H73N2O6P/c1-6-8-10-11-12-13-14-15-16-17-18-19-20-21-22-23-24-25-26-27-28-29-30-36(40)35(38-37(41)31-9-7-2)34-45-46(42,43)44-33-32-39(3,4)5/h25-26,29-30,35-36,40H,6-24,27-28,31-34H2,1-5H3,(H-,38,41,42,43)/p+1/b26-25+,30-29+. The minimum atomic E-state index is -4.31. The highest BCUT2D eigenvalue weighted by molar-refractivity contribution is 7.47. The number of allylic oxidation sites excluding steroid dienone is 3. The molecule has 1 amide bonds. The van der Waals surface area contributed by atoms with Crippen molar-refractivity contribution in [2.75, 3.05) is 40.9 Å². The lowest BCUT2D eigenvalue weighted by Gasteiger charge is -2.25. The first-order valence-electron chi connectivity index (χ1n) is 18.7. The van der Waals surface area contributed by atoms with Gasteiger partial charge in [0.1, 0.15) is 13.2 Å². The minimum absolute atomic E-state index is 0.0558. The molecule has 0 saturated heterocycles. The summed E-state index contributed by atoms with van der Waals surface area (Å²) in [6.07, 6.45) is 33.7. The first kappa shape index (κ1) is 45.0. The van der Waals surface area contributed by atoms with Gasteiger partial charge in [0.2, 0.25) is 5.91 Å². The SMILES string of the molecule is CCCCCCCCCCCCCCCCCC/C=C/CC/C=C/C(O)C(COP(=O)(O)OCC[N+](C)(C)C)NC(=O)CCCC. The average molecular weight is 674 g/mol. The van der Waals surface area contributed by atoms with Gasteiger partial charge in [-0.15, -0.1) is 0 Å². The fourth-order valence-corrected chi connectivity index (χ4v) is 5.83. The second-order valence-corrected chi connectivity index (χ2v) is 15.4. The summed E-state index contributed by atoms with van der Waals surface area (Å²) < 4.78 is 23.1. The van der Waals surface area contributed by atoms with Crippen LogP contribution in [0.2, 0.25) is 0 Å². The summed E-state index contributed by atoms with van der Waals surface area (Å²) in [4.78, 5) is 22.4. The van der Waals surface area contributed by atoms with E-state index in [-0.39, 0.29) is 19.1 Å². The van der Waals surface area contributed by atoms with E-state index in [1.165, 1.54) is 103 Å². The van der Waals surface area contributed by atoms with Crippen molar-refractivity contribution in [3.8, 4) is 0 Å².